The summed E-state index contributed by atoms with van der Waals surface area (Å²) in [6, 6.07) is 16.8. The van der Waals surface area contributed by atoms with Gasteiger partial charge >= 0.3 is 0 Å². The van der Waals surface area contributed by atoms with Gasteiger partial charge in [0, 0.05) is 18.7 Å². The standard InChI is InChI=1S/C20H26N2O3S/c1-4-26(24,25)22(3)19-14-12-18(13-15-19)20(23)21-16(2)10-11-17-8-6-5-7-9-17/h5-9,12-16H,4,10-11H2,1-3H3,(H,21,23)/t16-/m1/s1. The first kappa shape index (κ1) is 20.0. The number of carbonyl (C=O) groups is 1. The Bertz CT molecular complexity index is 818. The summed E-state index contributed by atoms with van der Waals surface area (Å²) in [5.74, 6) is -0.122. The zero-order valence-corrected chi connectivity index (χ0v) is 16.3. The molecule has 0 bridgehead atoms. The van der Waals surface area contributed by atoms with Gasteiger partial charge in [-0.1, -0.05) is 30.3 Å². The van der Waals surface area contributed by atoms with Gasteiger partial charge in [0.05, 0.1) is 11.4 Å². The van der Waals surface area contributed by atoms with Crippen molar-refractivity contribution in [3.05, 3.63) is 65.7 Å². The summed E-state index contributed by atoms with van der Waals surface area (Å²) in [7, 11) is -1.79. The summed E-state index contributed by atoms with van der Waals surface area (Å²) < 4.78 is 25.0. The summed E-state index contributed by atoms with van der Waals surface area (Å²) in [5.41, 5.74) is 2.31. The smallest absolute Gasteiger partial charge is 0.251 e. The van der Waals surface area contributed by atoms with Crippen LogP contribution in [0.4, 0.5) is 5.69 Å². The third-order valence-corrected chi connectivity index (χ3v) is 6.14. The topological polar surface area (TPSA) is 66.5 Å². The minimum atomic E-state index is -3.30. The zero-order chi connectivity index (χ0) is 19.2. The van der Waals surface area contributed by atoms with E-state index in [0.29, 0.717) is 11.3 Å². The van der Waals surface area contributed by atoms with Gasteiger partial charge in [-0.05, 0) is 56.5 Å². The molecule has 26 heavy (non-hydrogen) atoms. The van der Waals surface area contributed by atoms with Crippen molar-refractivity contribution >= 4 is 21.6 Å². The molecule has 0 saturated carbocycles. The van der Waals surface area contributed by atoms with Crippen molar-refractivity contribution in [2.45, 2.75) is 32.7 Å². The lowest BCUT2D eigenvalue weighted by Crippen LogP contribution is -2.33. The number of amides is 1. The van der Waals surface area contributed by atoms with Crippen LogP contribution in [-0.4, -0.2) is 33.2 Å². The second-order valence-corrected chi connectivity index (χ2v) is 8.60. The molecule has 0 radical (unpaired) electrons. The van der Waals surface area contributed by atoms with Gasteiger partial charge in [0.25, 0.3) is 5.91 Å². The molecule has 5 nitrogen and oxygen atoms in total. The van der Waals surface area contributed by atoms with Crippen LogP contribution in [-0.2, 0) is 16.4 Å². The molecular formula is C20H26N2O3S. The van der Waals surface area contributed by atoms with Crippen LogP contribution in [0.3, 0.4) is 0 Å². The van der Waals surface area contributed by atoms with Crippen LogP contribution in [0.5, 0.6) is 0 Å². The number of nitrogens with zero attached hydrogens (tertiary/aromatic N) is 1. The van der Waals surface area contributed by atoms with Crippen LogP contribution in [0.15, 0.2) is 54.6 Å². The average Bonchev–Trinajstić information content (AvgIpc) is 2.66. The van der Waals surface area contributed by atoms with E-state index in [1.165, 1.54) is 16.9 Å². The Labute approximate surface area is 156 Å². The third kappa shape index (κ3) is 5.33. The molecule has 0 spiro atoms. The van der Waals surface area contributed by atoms with E-state index in [4.69, 9.17) is 0 Å². The number of hydrogen-bond donors (Lipinski definition) is 1. The lowest BCUT2D eigenvalue weighted by atomic mass is 10.1. The Kier molecular flexibility index (Phi) is 6.80. The number of anilines is 1. The van der Waals surface area contributed by atoms with Crippen molar-refractivity contribution in [1.82, 2.24) is 5.32 Å². The number of sulfonamides is 1. The number of rotatable bonds is 8. The minimum absolute atomic E-state index is 0.0324. The van der Waals surface area contributed by atoms with Crippen LogP contribution >= 0.6 is 0 Å². The third-order valence-electron chi connectivity index (χ3n) is 4.36. The van der Waals surface area contributed by atoms with Crippen LogP contribution < -0.4 is 9.62 Å². The zero-order valence-electron chi connectivity index (χ0n) is 15.5. The summed E-state index contributed by atoms with van der Waals surface area (Å²) in [5, 5.41) is 2.99. The fourth-order valence-corrected chi connectivity index (χ4v) is 3.41. The number of aryl methyl sites for hydroxylation is 1. The first-order valence-corrected chi connectivity index (χ1v) is 10.4. The molecule has 2 rings (SSSR count). The lowest BCUT2D eigenvalue weighted by molar-refractivity contribution is 0.0938. The number of hydrogen-bond acceptors (Lipinski definition) is 3. The van der Waals surface area contributed by atoms with Crippen molar-refractivity contribution in [2.75, 3.05) is 17.1 Å². The maximum absolute atomic E-state index is 12.4. The Morgan fingerprint density at radius 1 is 1.08 bits per heavy atom. The van der Waals surface area contributed by atoms with Gasteiger partial charge in [-0.15, -0.1) is 0 Å². The lowest BCUT2D eigenvalue weighted by Gasteiger charge is -2.19. The molecule has 0 unspecified atom stereocenters. The molecule has 0 aliphatic heterocycles. The largest absolute Gasteiger partial charge is 0.350 e. The summed E-state index contributed by atoms with van der Waals surface area (Å²) in [6.07, 6.45) is 1.76. The van der Waals surface area contributed by atoms with Crippen molar-refractivity contribution in [3.8, 4) is 0 Å². The van der Waals surface area contributed by atoms with E-state index in [1.807, 2.05) is 25.1 Å². The Morgan fingerprint density at radius 3 is 2.27 bits per heavy atom. The van der Waals surface area contributed by atoms with E-state index in [1.54, 1.807) is 31.2 Å². The van der Waals surface area contributed by atoms with Crippen molar-refractivity contribution in [3.63, 3.8) is 0 Å². The highest BCUT2D eigenvalue weighted by atomic mass is 32.2. The molecule has 2 aromatic rings. The molecule has 6 heteroatoms. The van der Waals surface area contributed by atoms with Gasteiger partial charge in [0.15, 0.2) is 0 Å². The van der Waals surface area contributed by atoms with Crippen molar-refractivity contribution in [1.29, 1.82) is 0 Å². The second-order valence-electron chi connectivity index (χ2n) is 6.31. The van der Waals surface area contributed by atoms with Gasteiger partial charge in [-0.2, -0.15) is 0 Å². The van der Waals surface area contributed by atoms with E-state index in [2.05, 4.69) is 17.4 Å². The van der Waals surface area contributed by atoms with Crippen LogP contribution in [0.2, 0.25) is 0 Å². The molecule has 0 aliphatic rings. The molecule has 1 N–H and O–H groups in total. The van der Waals surface area contributed by atoms with E-state index < -0.39 is 10.0 Å². The summed E-state index contributed by atoms with van der Waals surface area (Å²) in [6.45, 7) is 3.58. The van der Waals surface area contributed by atoms with E-state index in [-0.39, 0.29) is 17.7 Å². The highest BCUT2D eigenvalue weighted by Gasteiger charge is 2.16. The molecule has 0 aliphatic carbocycles. The highest BCUT2D eigenvalue weighted by molar-refractivity contribution is 7.92. The number of nitrogens with one attached hydrogen (secondary N) is 1. The first-order chi connectivity index (χ1) is 12.3. The SMILES string of the molecule is CCS(=O)(=O)N(C)c1ccc(C(=O)N[C@H](C)CCc2ccccc2)cc1. The Hall–Kier alpha value is -2.34. The minimum Gasteiger partial charge on any atom is -0.350 e. The van der Waals surface area contributed by atoms with Crippen molar-refractivity contribution in [2.24, 2.45) is 0 Å². The van der Waals surface area contributed by atoms with E-state index in [0.717, 1.165) is 12.8 Å². The van der Waals surface area contributed by atoms with E-state index >= 15 is 0 Å². The second kappa shape index (κ2) is 8.85. The Morgan fingerprint density at radius 2 is 1.69 bits per heavy atom. The predicted octanol–water partition coefficient (Wildman–Crippen LogP) is 3.22. The average molecular weight is 375 g/mol. The Balaban J connectivity index is 1.93. The molecular weight excluding hydrogens is 348 g/mol. The van der Waals surface area contributed by atoms with Gasteiger partial charge in [-0.25, -0.2) is 8.42 Å². The van der Waals surface area contributed by atoms with Crippen LogP contribution in [0.1, 0.15) is 36.2 Å². The molecule has 0 heterocycles. The summed E-state index contributed by atoms with van der Waals surface area (Å²) >= 11 is 0. The summed E-state index contributed by atoms with van der Waals surface area (Å²) in [4.78, 5) is 12.4. The van der Waals surface area contributed by atoms with Crippen LogP contribution in [0.25, 0.3) is 0 Å². The molecule has 1 amide bonds. The molecule has 140 valence electrons. The molecule has 2 aromatic carbocycles. The first-order valence-electron chi connectivity index (χ1n) is 8.75. The molecule has 0 fully saturated rings. The predicted molar refractivity (Wildman–Crippen MR) is 106 cm³/mol. The van der Waals surface area contributed by atoms with Crippen molar-refractivity contribution < 1.29 is 13.2 Å². The van der Waals surface area contributed by atoms with Gasteiger partial charge in [-0.3, -0.25) is 9.10 Å². The highest BCUT2D eigenvalue weighted by Crippen LogP contribution is 2.17. The van der Waals surface area contributed by atoms with Gasteiger partial charge < -0.3 is 5.32 Å². The quantitative estimate of drug-likeness (QED) is 0.771. The maximum atomic E-state index is 12.4. The normalized spacial score (nSPS) is 12.4. The fourth-order valence-electron chi connectivity index (χ4n) is 2.58. The van der Waals surface area contributed by atoms with Crippen LogP contribution in [0, 0.1) is 0 Å². The number of carbonyl (C=O) groups excluding carboxylic acids is 1. The molecule has 1 atom stereocenters. The van der Waals surface area contributed by atoms with Gasteiger partial charge in [0.2, 0.25) is 10.0 Å². The molecule has 0 aromatic heterocycles. The van der Waals surface area contributed by atoms with E-state index in [9.17, 15) is 13.2 Å². The molecule has 0 saturated heterocycles. The number of benzene rings is 2. The van der Waals surface area contributed by atoms with Gasteiger partial charge in [0.1, 0.15) is 0 Å². The maximum Gasteiger partial charge on any atom is 0.251 e. The monoisotopic (exact) mass is 374 g/mol. The fraction of sp³-hybridized carbons (Fsp3) is 0.350.